The SMILES string of the molecule is COC(=O)c1ccccc1NC(=O)/C=C/c1c(Cl)cccc1Cl. The summed E-state index contributed by atoms with van der Waals surface area (Å²) in [7, 11) is 1.28. The molecule has 0 fully saturated rings. The van der Waals surface area contributed by atoms with Crippen LogP contribution in [-0.2, 0) is 9.53 Å². The van der Waals surface area contributed by atoms with Gasteiger partial charge < -0.3 is 10.1 Å². The first-order chi connectivity index (χ1) is 11.0. The van der Waals surface area contributed by atoms with Crippen molar-refractivity contribution in [3.05, 3.63) is 69.7 Å². The van der Waals surface area contributed by atoms with Gasteiger partial charge in [-0.2, -0.15) is 0 Å². The fourth-order valence-electron chi connectivity index (χ4n) is 1.88. The second-order valence-electron chi connectivity index (χ2n) is 4.50. The maximum atomic E-state index is 12.0. The van der Waals surface area contributed by atoms with Gasteiger partial charge in [-0.3, -0.25) is 4.79 Å². The molecule has 118 valence electrons. The largest absolute Gasteiger partial charge is 0.465 e. The fraction of sp³-hybridized carbons (Fsp3) is 0.0588. The topological polar surface area (TPSA) is 55.4 Å². The predicted octanol–water partition coefficient (Wildman–Crippen LogP) is 4.43. The zero-order chi connectivity index (χ0) is 16.8. The van der Waals surface area contributed by atoms with E-state index < -0.39 is 11.9 Å². The van der Waals surface area contributed by atoms with E-state index in [2.05, 4.69) is 10.1 Å². The molecule has 23 heavy (non-hydrogen) atoms. The summed E-state index contributed by atoms with van der Waals surface area (Å²) in [6.45, 7) is 0. The summed E-state index contributed by atoms with van der Waals surface area (Å²) in [6, 6.07) is 11.6. The quantitative estimate of drug-likeness (QED) is 0.656. The van der Waals surface area contributed by atoms with Gasteiger partial charge in [0.1, 0.15) is 0 Å². The van der Waals surface area contributed by atoms with Gasteiger partial charge in [-0.05, 0) is 30.3 Å². The van der Waals surface area contributed by atoms with Crippen LogP contribution in [-0.4, -0.2) is 19.0 Å². The van der Waals surface area contributed by atoms with E-state index in [0.717, 1.165) is 0 Å². The average molecular weight is 350 g/mol. The van der Waals surface area contributed by atoms with Crippen LogP contribution in [0.4, 0.5) is 5.69 Å². The van der Waals surface area contributed by atoms with Crippen LogP contribution >= 0.6 is 23.2 Å². The molecular weight excluding hydrogens is 337 g/mol. The Morgan fingerprint density at radius 3 is 2.35 bits per heavy atom. The first-order valence-corrected chi connectivity index (χ1v) is 7.39. The molecule has 0 aromatic heterocycles. The van der Waals surface area contributed by atoms with Crippen LogP contribution in [0.3, 0.4) is 0 Å². The van der Waals surface area contributed by atoms with Crippen LogP contribution in [0.25, 0.3) is 6.08 Å². The number of carbonyl (C=O) groups is 2. The van der Waals surface area contributed by atoms with Crippen LogP contribution in [0.1, 0.15) is 15.9 Å². The van der Waals surface area contributed by atoms with E-state index >= 15 is 0 Å². The Labute approximate surface area is 143 Å². The third-order valence-corrected chi connectivity index (χ3v) is 3.65. The number of nitrogens with one attached hydrogen (secondary N) is 1. The van der Waals surface area contributed by atoms with Crippen molar-refractivity contribution in [1.29, 1.82) is 0 Å². The Morgan fingerprint density at radius 2 is 1.70 bits per heavy atom. The molecule has 0 spiro atoms. The van der Waals surface area contributed by atoms with Gasteiger partial charge in [0.05, 0.1) is 18.4 Å². The van der Waals surface area contributed by atoms with Crippen LogP contribution in [0.5, 0.6) is 0 Å². The number of hydrogen-bond acceptors (Lipinski definition) is 3. The predicted molar refractivity (Wildman–Crippen MR) is 91.9 cm³/mol. The highest BCUT2D eigenvalue weighted by Gasteiger charge is 2.12. The molecule has 0 bridgehead atoms. The molecule has 2 rings (SSSR count). The normalized spacial score (nSPS) is 10.6. The second kappa shape index (κ2) is 7.81. The molecule has 0 aliphatic rings. The Kier molecular flexibility index (Phi) is 5.79. The number of ether oxygens (including phenoxy) is 1. The number of hydrogen-bond donors (Lipinski definition) is 1. The number of para-hydroxylation sites is 1. The number of esters is 1. The molecule has 0 heterocycles. The molecule has 0 radical (unpaired) electrons. The molecular formula is C17H13Cl2NO3. The number of benzene rings is 2. The van der Waals surface area contributed by atoms with Crippen molar-refractivity contribution in [2.45, 2.75) is 0 Å². The highest BCUT2D eigenvalue weighted by atomic mass is 35.5. The smallest absolute Gasteiger partial charge is 0.339 e. The van der Waals surface area contributed by atoms with Crippen LogP contribution in [0, 0.1) is 0 Å². The second-order valence-corrected chi connectivity index (χ2v) is 5.31. The van der Waals surface area contributed by atoms with Gasteiger partial charge in [0.2, 0.25) is 5.91 Å². The summed E-state index contributed by atoms with van der Waals surface area (Å²) in [5.41, 5.74) is 1.18. The van der Waals surface area contributed by atoms with E-state index in [4.69, 9.17) is 23.2 Å². The number of methoxy groups -OCH3 is 1. The van der Waals surface area contributed by atoms with Crippen molar-refractivity contribution in [2.24, 2.45) is 0 Å². The van der Waals surface area contributed by atoms with Gasteiger partial charge in [-0.1, -0.05) is 41.4 Å². The lowest BCUT2D eigenvalue weighted by Crippen LogP contribution is -2.12. The van der Waals surface area contributed by atoms with Crippen molar-refractivity contribution in [2.75, 3.05) is 12.4 Å². The number of amides is 1. The number of rotatable bonds is 4. The molecule has 1 amide bonds. The average Bonchev–Trinajstić information content (AvgIpc) is 2.54. The molecule has 0 aliphatic carbocycles. The molecule has 2 aromatic carbocycles. The van der Waals surface area contributed by atoms with Crippen molar-refractivity contribution in [3.8, 4) is 0 Å². The fourth-order valence-corrected chi connectivity index (χ4v) is 2.41. The first-order valence-electron chi connectivity index (χ1n) is 6.63. The maximum Gasteiger partial charge on any atom is 0.339 e. The zero-order valence-electron chi connectivity index (χ0n) is 12.2. The van der Waals surface area contributed by atoms with Crippen molar-refractivity contribution in [3.63, 3.8) is 0 Å². The molecule has 1 N–H and O–H groups in total. The lowest BCUT2D eigenvalue weighted by atomic mass is 10.1. The molecule has 2 aromatic rings. The molecule has 4 nitrogen and oxygen atoms in total. The molecule has 0 atom stereocenters. The highest BCUT2D eigenvalue weighted by Crippen LogP contribution is 2.25. The highest BCUT2D eigenvalue weighted by molar-refractivity contribution is 6.37. The van der Waals surface area contributed by atoms with Gasteiger partial charge in [-0.25, -0.2) is 4.79 Å². The van der Waals surface area contributed by atoms with Crippen molar-refractivity contribution >= 4 is 46.8 Å². The van der Waals surface area contributed by atoms with E-state index in [1.807, 2.05) is 0 Å². The molecule has 0 saturated carbocycles. The summed E-state index contributed by atoms with van der Waals surface area (Å²) >= 11 is 12.1. The Morgan fingerprint density at radius 1 is 1.04 bits per heavy atom. The van der Waals surface area contributed by atoms with Gasteiger partial charge in [0.15, 0.2) is 0 Å². The van der Waals surface area contributed by atoms with Crippen LogP contribution in [0.15, 0.2) is 48.5 Å². The van der Waals surface area contributed by atoms with Gasteiger partial charge in [0.25, 0.3) is 0 Å². The van der Waals surface area contributed by atoms with Gasteiger partial charge in [-0.15, -0.1) is 0 Å². The van der Waals surface area contributed by atoms with E-state index in [1.54, 1.807) is 42.5 Å². The molecule has 0 saturated heterocycles. The number of halogens is 2. The van der Waals surface area contributed by atoms with E-state index in [9.17, 15) is 9.59 Å². The summed E-state index contributed by atoms with van der Waals surface area (Å²) in [5.74, 6) is -0.948. The van der Waals surface area contributed by atoms with Crippen molar-refractivity contribution in [1.82, 2.24) is 0 Å². The summed E-state index contributed by atoms with van der Waals surface area (Å²) in [6.07, 6.45) is 2.81. The lowest BCUT2D eigenvalue weighted by Gasteiger charge is -2.08. The number of anilines is 1. The van der Waals surface area contributed by atoms with Gasteiger partial charge in [0, 0.05) is 21.7 Å². The summed E-state index contributed by atoms with van der Waals surface area (Å²) in [5, 5.41) is 3.50. The standard InChI is InChI=1S/C17H13Cl2NO3/c1-23-17(22)12-5-2-3-8-15(12)20-16(21)10-9-11-13(18)6-4-7-14(11)19/h2-10H,1H3,(H,20,21)/b10-9+. The minimum Gasteiger partial charge on any atom is -0.465 e. The van der Waals surface area contributed by atoms with E-state index in [0.29, 0.717) is 21.3 Å². The van der Waals surface area contributed by atoms with Gasteiger partial charge >= 0.3 is 5.97 Å². The minimum atomic E-state index is -0.529. The van der Waals surface area contributed by atoms with Crippen molar-refractivity contribution < 1.29 is 14.3 Å². The monoisotopic (exact) mass is 349 g/mol. The number of carbonyl (C=O) groups excluding carboxylic acids is 2. The van der Waals surface area contributed by atoms with E-state index in [1.165, 1.54) is 19.3 Å². The Balaban J connectivity index is 2.18. The van der Waals surface area contributed by atoms with E-state index in [-0.39, 0.29) is 5.56 Å². The Bertz CT molecular complexity index is 752. The third-order valence-electron chi connectivity index (χ3n) is 2.99. The zero-order valence-corrected chi connectivity index (χ0v) is 13.7. The van der Waals surface area contributed by atoms with Crippen LogP contribution in [0.2, 0.25) is 10.0 Å². The Hall–Kier alpha value is -2.30. The maximum absolute atomic E-state index is 12.0. The lowest BCUT2D eigenvalue weighted by molar-refractivity contribution is -0.111. The summed E-state index contributed by atoms with van der Waals surface area (Å²) < 4.78 is 4.68. The summed E-state index contributed by atoms with van der Waals surface area (Å²) in [4.78, 5) is 23.7. The minimum absolute atomic E-state index is 0.271. The molecule has 0 aliphatic heterocycles. The van der Waals surface area contributed by atoms with Crippen LogP contribution < -0.4 is 5.32 Å². The first kappa shape index (κ1) is 17.1. The third kappa shape index (κ3) is 4.34. The molecule has 6 heteroatoms. The molecule has 0 unspecified atom stereocenters.